The second-order valence-corrected chi connectivity index (χ2v) is 5.41. The Morgan fingerprint density at radius 2 is 1.93 bits per heavy atom. The second-order valence-electron chi connectivity index (χ2n) is 3.99. The molecule has 0 rings (SSSR count). The topological polar surface area (TPSA) is 80.7 Å². The molecule has 7 heteroatoms. The summed E-state index contributed by atoms with van der Waals surface area (Å²) in [6.07, 6.45) is 0. The van der Waals surface area contributed by atoms with Crippen molar-refractivity contribution in [2.24, 2.45) is 0 Å². The van der Waals surface area contributed by atoms with Gasteiger partial charge in [-0.25, -0.2) is 4.79 Å². The van der Waals surface area contributed by atoms with Gasteiger partial charge in [0.05, 0.1) is 14.1 Å². The maximum absolute atomic E-state index is 11.0. The van der Waals surface area contributed by atoms with Gasteiger partial charge < -0.3 is 4.74 Å². The van der Waals surface area contributed by atoms with E-state index >= 15 is 0 Å². The largest absolute Gasteiger partial charge is 0.412 e. The first kappa shape index (κ1) is 14.1. The van der Waals surface area contributed by atoms with Gasteiger partial charge in [0.15, 0.2) is 0 Å². The zero-order valence-electron chi connectivity index (χ0n) is 9.06. The van der Waals surface area contributed by atoms with E-state index in [1.807, 2.05) is 0 Å². The lowest BCUT2D eigenvalue weighted by molar-refractivity contribution is -0.896. The third kappa shape index (κ3) is 7.06. The maximum atomic E-state index is 11.0. The summed E-state index contributed by atoms with van der Waals surface area (Å²) in [6, 6.07) is 0. The summed E-state index contributed by atoms with van der Waals surface area (Å²) in [5.41, 5.74) is 0.238. The molecule has 0 aliphatic rings. The average Bonchev–Trinajstić information content (AvgIpc) is 1.95. The molecule has 0 aromatic carbocycles. The van der Waals surface area contributed by atoms with Gasteiger partial charge in [-0.05, 0) is 6.92 Å². The van der Waals surface area contributed by atoms with Crippen molar-refractivity contribution in [3.05, 3.63) is 12.2 Å². The van der Waals surface area contributed by atoms with E-state index in [1.165, 1.54) is 21.0 Å². The minimum atomic E-state index is -4.09. The summed E-state index contributed by atoms with van der Waals surface area (Å²) in [4.78, 5) is 11.0. The maximum Gasteiger partial charge on any atom is 0.337 e. The molecule has 88 valence electrons. The van der Waals surface area contributed by atoms with Crippen LogP contribution in [0.1, 0.15) is 6.92 Å². The number of carbonyl (C=O) groups is 1. The molecule has 0 aromatic heterocycles. The molecule has 0 fully saturated rings. The van der Waals surface area contributed by atoms with E-state index in [4.69, 9.17) is 9.29 Å². The molecule has 0 aliphatic carbocycles. The number of esters is 1. The van der Waals surface area contributed by atoms with E-state index in [1.54, 1.807) is 0 Å². The van der Waals surface area contributed by atoms with Crippen LogP contribution in [0.25, 0.3) is 0 Å². The molecule has 0 aromatic rings. The fourth-order valence-electron chi connectivity index (χ4n) is 0.835. The van der Waals surface area contributed by atoms with Crippen LogP contribution in [0.5, 0.6) is 0 Å². The lowest BCUT2D eigenvalue weighted by Crippen LogP contribution is -2.45. The van der Waals surface area contributed by atoms with Crippen molar-refractivity contribution in [1.29, 1.82) is 0 Å². The van der Waals surface area contributed by atoms with Crippen molar-refractivity contribution < 1.29 is 27.0 Å². The van der Waals surface area contributed by atoms with Crippen LogP contribution in [-0.2, 0) is 19.6 Å². The minimum Gasteiger partial charge on any atom is -0.412 e. The highest BCUT2D eigenvalue weighted by Gasteiger charge is 2.24. The Bertz CT molecular complexity index is 357. The van der Waals surface area contributed by atoms with Crippen LogP contribution < -0.4 is 0 Å². The fourth-order valence-corrected chi connectivity index (χ4v) is 1.79. The lowest BCUT2D eigenvalue weighted by atomic mass is 10.4. The summed E-state index contributed by atoms with van der Waals surface area (Å²) >= 11 is 0. The Balaban J connectivity index is 4.28. The molecule has 0 atom stereocenters. The summed E-state index contributed by atoms with van der Waals surface area (Å²) in [7, 11) is -1.06. The Hall–Kier alpha value is -0.920. The van der Waals surface area contributed by atoms with Gasteiger partial charge in [-0.15, -0.1) is 0 Å². The normalized spacial score (nSPS) is 12.3. The van der Waals surface area contributed by atoms with E-state index in [0.717, 1.165) is 0 Å². The van der Waals surface area contributed by atoms with Crippen molar-refractivity contribution in [3.63, 3.8) is 0 Å². The number of rotatable bonds is 5. The molecular weight excluding hydrogens is 222 g/mol. The molecule has 0 aliphatic heterocycles. The van der Waals surface area contributed by atoms with E-state index in [9.17, 15) is 13.2 Å². The summed E-state index contributed by atoms with van der Waals surface area (Å²) in [6.45, 7) is 4.73. The zero-order valence-corrected chi connectivity index (χ0v) is 9.87. The molecule has 1 N–H and O–H groups in total. The molecule has 0 spiro atoms. The highest BCUT2D eigenvalue weighted by atomic mass is 32.2. The van der Waals surface area contributed by atoms with Crippen LogP contribution in [0.2, 0.25) is 0 Å². The molecule has 0 bridgehead atoms. The first-order chi connectivity index (χ1) is 6.53. The number of hydrogen-bond acceptors (Lipinski definition) is 4. The van der Waals surface area contributed by atoms with Crippen LogP contribution in [0.4, 0.5) is 0 Å². The Kier molecular flexibility index (Phi) is 4.44. The highest BCUT2D eigenvalue weighted by Crippen LogP contribution is 2.03. The first-order valence-electron chi connectivity index (χ1n) is 4.13. The van der Waals surface area contributed by atoms with E-state index in [-0.39, 0.29) is 16.8 Å². The zero-order chi connectivity index (χ0) is 12.3. The Morgan fingerprint density at radius 1 is 1.47 bits per heavy atom. The van der Waals surface area contributed by atoms with Gasteiger partial charge >= 0.3 is 16.1 Å². The summed E-state index contributed by atoms with van der Waals surface area (Å²) in [5.74, 6) is -1.10. The van der Waals surface area contributed by atoms with Crippen LogP contribution in [0.3, 0.4) is 0 Å². The average molecular weight is 238 g/mol. The van der Waals surface area contributed by atoms with Gasteiger partial charge in [0.1, 0.15) is 0 Å². The number of hydrogen-bond donors (Lipinski definition) is 1. The number of ether oxygens (including phenoxy) is 1. The second kappa shape index (κ2) is 4.73. The van der Waals surface area contributed by atoms with E-state index in [0.29, 0.717) is 0 Å². The van der Waals surface area contributed by atoms with Gasteiger partial charge in [0.2, 0.25) is 12.6 Å². The van der Waals surface area contributed by atoms with Gasteiger partial charge in [-0.1, -0.05) is 6.58 Å². The van der Waals surface area contributed by atoms with Crippen molar-refractivity contribution in [2.45, 2.75) is 6.92 Å². The quantitative estimate of drug-likeness (QED) is 0.239. The molecule has 0 saturated carbocycles. The first-order valence-corrected chi connectivity index (χ1v) is 5.74. The molecule has 0 amide bonds. The van der Waals surface area contributed by atoms with Crippen LogP contribution in [-0.4, -0.2) is 50.1 Å². The highest BCUT2D eigenvalue weighted by molar-refractivity contribution is 7.85. The minimum absolute atomic E-state index is 0.147. The van der Waals surface area contributed by atoms with Gasteiger partial charge in [0.25, 0.3) is 0 Å². The fraction of sp³-hybridized carbons (Fsp3) is 0.625. The van der Waals surface area contributed by atoms with Crippen molar-refractivity contribution in [2.75, 3.05) is 26.7 Å². The summed E-state index contributed by atoms with van der Waals surface area (Å²) < 4.78 is 34.4. The standard InChI is InChI=1S/C8H15NO5S/c1-7(2)8(10)14-5-9(3,4)6-15(11,12)13/h1,5-6H2,2-4H3/p+1. The van der Waals surface area contributed by atoms with Crippen molar-refractivity contribution in [1.82, 2.24) is 0 Å². The van der Waals surface area contributed by atoms with Crippen LogP contribution >= 0.6 is 0 Å². The molecule has 0 unspecified atom stereocenters. The van der Waals surface area contributed by atoms with Crippen LogP contribution in [0.15, 0.2) is 12.2 Å². The Labute approximate surface area is 89.5 Å². The number of quaternary nitrogens is 1. The predicted octanol–water partition coefficient (Wildman–Crippen LogP) is -0.0151. The molecule has 0 saturated heterocycles. The lowest BCUT2D eigenvalue weighted by Gasteiger charge is -2.26. The third-order valence-corrected chi connectivity index (χ3v) is 2.43. The smallest absolute Gasteiger partial charge is 0.337 e. The number of carbonyl (C=O) groups excluding carboxylic acids is 1. The molecular formula is C8H16NO5S+. The van der Waals surface area contributed by atoms with Crippen molar-refractivity contribution in [3.8, 4) is 0 Å². The monoisotopic (exact) mass is 238 g/mol. The molecule has 0 heterocycles. The SMILES string of the molecule is C=C(C)C(=O)OC[N+](C)(C)CS(=O)(=O)O. The Morgan fingerprint density at radius 3 is 2.27 bits per heavy atom. The third-order valence-electron chi connectivity index (χ3n) is 1.41. The number of nitrogens with zero attached hydrogens (tertiary/aromatic N) is 1. The summed E-state index contributed by atoms with van der Waals surface area (Å²) in [5, 5.41) is 0. The van der Waals surface area contributed by atoms with E-state index < -0.39 is 22.0 Å². The predicted molar refractivity (Wildman–Crippen MR) is 54.3 cm³/mol. The van der Waals surface area contributed by atoms with Gasteiger partial charge in [0, 0.05) is 5.57 Å². The molecule has 15 heavy (non-hydrogen) atoms. The van der Waals surface area contributed by atoms with Crippen LogP contribution in [0, 0.1) is 0 Å². The van der Waals surface area contributed by atoms with Crippen molar-refractivity contribution >= 4 is 16.1 Å². The molecule has 6 nitrogen and oxygen atoms in total. The van der Waals surface area contributed by atoms with Gasteiger partial charge in [-0.3, -0.25) is 9.04 Å². The van der Waals surface area contributed by atoms with Gasteiger partial charge in [-0.2, -0.15) is 8.42 Å². The molecule has 0 radical (unpaired) electrons. The van der Waals surface area contributed by atoms with E-state index in [2.05, 4.69) is 6.58 Å².